The highest BCUT2D eigenvalue weighted by Crippen LogP contribution is 2.34. The molecule has 1 aliphatic rings. The molecule has 0 bridgehead atoms. The van der Waals surface area contributed by atoms with E-state index in [-0.39, 0.29) is 11.9 Å². The van der Waals surface area contributed by atoms with Gasteiger partial charge in [0, 0.05) is 36.8 Å². The first kappa shape index (κ1) is 18.1. The molecule has 0 aliphatic carbocycles. The van der Waals surface area contributed by atoms with Crippen LogP contribution in [0.25, 0.3) is 16.8 Å². The summed E-state index contributed by atoms with van der Waals surface area (Å²) in [4.78, 5) is 19.4. The molecule has 1 unspecified atom stereocenters. The van der Waals surface area contributed by atoms with Gasteiger partial charge in [0.15, 0.2) is 11.3 Å². The van der Waals surface area contributed by atoms with E-state index in [9.17, 15) is 4.79 Å². The van der Waals surface area contributed by atoms with Crippen molar-refractivity contribution in [2.75, 3.05) is 6.54 Å². The van der Waals surface area contributed by atoms with Crippen molar-refractivity contribution in [2.24, 2.45) is 0 Å². The normalized spacial score (nSPS) is 16.2. The predicted molar refractivity (Wildman–Crippen MR) is 113 cm³/mol. The molecule has 3 aromatic heterocycles. The smallest absolute Gasteiger partial charge is 0.274 e. The lowest BCUT2D eigenvalue weighted by Crippen LogP contribution is -2.39. The van der Waals surface area contributed by atoms with Gasteiger partial charge in [-0.2, -0.15) is 10.2 Å². The Morgan fingerprint density at radius 3 is 2.97 bits per heavy atom. The Morgan fingerprint density at radius 2 is 2.17 bits per heavy atom. The maximum Gasteiger partial charge on any atom is 0.274 e. The summed E-state index contributed by atoms with van der Waals surface area (Å²) in [5.74, 6) is -0.0744. The number of benzene rings is 1. The first-order valence-electron chi connectivity index (χ1n) is 9.47. The molecular weight excluding hydrogens is 432 g/mol. The number of aromatic nitrogens is 5. The number of hydrogen-bond acceptors (Lipinski definition) is 4. The van der Waals surface area contributed by atoms with Gasteiger partial charge in [-0.1, -0.05) is 12.1 Å². The van der Waals surface area contributed by atoms with Crippen molar-refractivity contribution in [2.45, 2.75) is 26.3 Å². The van der Waals surface area contributed by atoms with Crippen LogP contribution in [0.3, 0.4) is 0 Å². The zero-order chi connectivity index (χ0) is 20.1. The van der Waals surface area contributed by atoms with Gasteiger partial charge in [-0.25, -0.2) is 9.50 Å². The minimum Gasteiger partial charge on any atom is -0.330 e. The maximum absolute atomic E-state index is 13.2. The Hall–Kier alpha value is -3.00. The Balaban J connectivity index is 1.49. The second kappa shape index (κ2) is 6.81. The third kappa shape index (κ3) is 3.04. The van der Waals surface area contributed by atoms with Gasteiger partial charge >= 0.3 is 0 Å². The van der Waals surface area contributed by atoms with Crippen LogP contribution in [0.2, 0.25) is 0 Å². The lowest BCUT2D eigenvalue weighted by atomic mass is 9.90. The summed E-state index contributed by atoms with van der Waals surface area (Å²) in [5.41, 5.74) is 6.68. The molecule has 5 rings (SSSR count). The number of halogens is 1. The zero-order valence-corrected chi connectivity index (χ0v) is 17.6. The van der Waals surface area contributed by atoms with Crippen molar-refractivity contribution in [3.05, 3.63) is 69.8 Å². The summed E-state index contributed by atoms with van der Waals surface area (Å²) in [6.07, 6.45) is 6.24. The van der Waals surface area contributed by atoms with E-state index in [1.807, 2.05) is 18.0 Å². The molecule has 7 nitrogen and oxygen atoms in total. The molecule has 1 aliphatic heterocycles. The van der Waals surface area contributed by atoms with Crippen LogP contribution in [0.1, 0.15) is 40.3 Å². The average Bonchev–Trinajstić information content (AvgIpc) is 3.33. The van der Waals surface area contributed by atoms with E-state index in [0.717, 1.165) is 27.7 Å². The molecular formula is C21H19BrN6O. The molecule has 1 amide bonds. The summed E-state index contributed by atoms with van der Waals surface area (Å²) < 4.78 is 2.44. The van der Waals surface area contributed by atoms with Crippen LogP contribution >= 0.6 is 15.9 Å². The number of nitrogens with zero attached hydrogens (tertiary/aromatic N) is 5. The SMILES string of the molecule is Cc1n[nH]cc1-c1ccc2c(c1)C(C)N(C(=O)c1cc3ncc(Br)cn3n1)CC2. The second-order valence-corrected chi connectivity index (χ2v) is 8.24. The van der Waals surface area contributed by atoms with E-state index in [2.05, 4.69) is 61.3 Å². The Morgan fingerprint density at radius 1 is 1.31 bits per heavy atom. The van der Waals surface area contributed by atoms with Gasteiger partial charge in [-0.05, 0) is 59.0 Å². The second-order valence-electron chi connectivity index (χ2n) is 7.33. The van der Waals surface area contributed by atoms with Crippen LogP contribution in [-0.2, 0) is 6.42 Å². The lowest BCUT2D eigenvalue weighted by molar-refractivity contribution is 0.0671. The highest BCUT2D eigenvalue weighted by Gasteiger charge is 2.30. The quantitative estimate of drug-likeness (QED) is 0.501. The largest absolute Gasteiger partial charge is 0.330 e. The Kier molecular flexibility index (Phi) is 4.24. The third-order valence-electron chi connectivity index (χ3n) is 5.59. The molecule has 0 saturated carbocycles. The van der Waals surface area contributed by atoms with Crippen LogP contribution in [0.5, 0.6) is 0 Å². The standard InChI is InChI=1S/C21H19BrN6O/c1-12-18(10-24-25-12)15-4-3-14-5-6-27(13(2)17(14)7-15)21(29)19-8-20-23-9-16(22)11-28(20)26-19/h3-4,7-11,13H,5-6H2,1-2H3,(H,24,25). The predicted octanol–water partition coefficient (Wildman–Crippen LogP) is 3.95. The number of fused-ring (bicyclic) bond motifs is 2. The summed E-state index contributed by atoms with van der Waals surface area (Å²) in [5, 5.41) is 11.6. The van der Waals surface area contributed by atoms with Gasteiger partial charge in [-0.3, -0.25) is 9.89 Å². The van der Waals surface area contributed by atoms with Gasteiger partial charge in [0.2, 0.25) is 0 Å². The zero-order valence-electron chi connectivity index (χ0n) is 16.1. The van der Waals surface area contributed by atoms with Crippen molar-refractivity contribution >= 4 is 27.5 Å². The Labute approximate surface area is 175 Å². The average molecular weight is 451 g/mol. The number of rotatable bonds is 2. The number of nitrogens with one attached hydrogen (secondary N) is 1. The van der Waals surface area contributed by atoms with E-state index in [1.165, 1.54) is 11.1 Å². The minimum atomic E-state index is -0.0744. The van der Waals surface area contributed by atoms with E-state index in [0.29, 0.717) is 17.9 Å². The molecule has 0 radical (unpaired) electrons. The van der Waals surface area contributed by atoms with Crippen LogP contribution in [0.15, 0.2) is 47.3 Å². The monoisotopic (exact) mass is 450 g/mol. The molecule has 146 valence electrons. The van der Waals surface area contributed by atoms with E-state index in [4.69, 9.17) is 0 Å². The molecule has 0 saturated heterocycles. The summed E-state index contributed by atoms with van der Waals surface area (Å²) in [6.45, 7) is 4.73. The number of carbonyl (C=O) groups excluding carboxylic acids is 1. The molecule has 0 spiro atoms. The number of H-pyrrole nitrogens is 1. The first-order chi connectivity index (χ1) is 14.0. The summed E-state index contributed by atoms with van der Waals surface area (Å²) in [7, 11) is 0. The minimum absolute atomic E-state index is 0.0390. The van der Waals surface area contributed by atoms with E-state index in [1.54, 1.807) is 23.0 Å². The van der Waals surface area contributed by atoms with E-state index < -0.39 is 0 Å². The molecule has 4 heterocycles. The maximum atomic E-state index is 13.2. The molecule has 8 heteroatoms. The van der Waals surface area contributed by atoms with Crippen LogP contribution in [0, 0.1) is 6.92 Å². The number of amides is 1. The first-order valence-corrected chi connectivity index (χ1v) is 10.3. The Bertz CT molecular complexity index is 1240. The fraction of sp³-hybridized carbons (Fsp3) is 0.238. The molecule has 0 fully saturated rings. The molecule has 1 aromatic carbocycles. The number of aromatic amines is 1. The van der Waals surface area contributed by atoms with Gasteiger partial charge in [-0.15, -0.1) is 0 Å². The van der Waals surface area contributed by atoms with Crippen LogP contribution in [-0.4, -0.2) is 42.1 Å². The highest BCUT2D eigenvalue weighted by molar-refractivity contribution is 9.10. The van der Waals surface area contributed by atoms with Gasteiger partial charge < -0.3 is 4.90 Å². The summed E-state index contributed by atoms with van der Waals surface area (Å²) in [6, 6.07) is 8.18. The topological polar surface area (TPSA) is 79.2 Å². The lowest BCUT2D eigenvalue weighted by Gasteiger charge is -2.35. The van der Waals surface area contributed by atoms with Crippen LogP contribution < -0.4 is 0 Å². The number of hydrogen-bond donors (Lipinski definition) is 1. The molecule has 4 aromatic rings. The van der Waals surface area contributed by atoms with Gasteiger partial charge in [0.05, 0.1) is 16.2 Å². The van der Waals surface area contributed by atoms with Gasteiger partial charge in [0.1, 0.15) is 0 Å². The molecule has 1 atom stereocenters. The number of aryl methyl sites for hydroxylation is 1. The van der Waals surface area contributed by atoms with Crippen molar-refractivity contribution in [1.82, 2.24) is 29.7 Å². The van der Waals surface area contributed by atoms with Gasteiger partial charge in [0.25, 0.3) is 5.91 Å². The van der Waals surface area contributed by atoms with Crippen molar-refractivity contribution < 1.29 is 4.79 Å². The third-order valence-corrected chi connectivity index (χ3v) is 6.00. The van der Waals surface area contributed by atoms with Crippen molar-refractivity contribution in [3.63, 3.8) is 0 Å². The fourth-order valence-electron chi connectivity index (χ4n) is 4.02. The van der Waals surface area contributed by atoms with Crippen molar-refractivity contribution in [3.8, 4) is 11.1 Å². The van der Waals surface area contributed by atoms with E-state index >= 15 is 0 Å². The van der Waals surface area contributed by atoms with Crippen LogP contribution in [0.4, 0.5) is 0 Å². The summed E-state index contributed by atoms with van der Waals surface area (Å²) >= 11 is 3.39. The highest BCUT2D eigenvalue weighted by atomic mass is 79.9. The van der Waals surface area contributed by atoms with Crippen molar-refractivity contribution in [1.29, 1.82) is 0 Å². The fourth-order valence-corrected chi connectivity index (χ4v) is 4.31. The number of carbonyl (C=O) groups is 1. The molecule has 29 heavy (non-hydrogen) atoms. The molecule has 1 N–H and O–H groups in total.